The van der Waals surface area contributed by atoms with Gasteiger partial charge < -0.3 is 19.9 Å². The maximum Gasteiger partial charge on any atom is 0.359 e. The van der Waals surface area contributed by atoms with E-state index < -0.39 is 43.3 Å². The predicted octanol–water partition coefficient (Wildman–Crippen LogP) is 0.669. The van der Waals surface area contributed by atoms with E-state index in [0.717, 1.165) is 14.2 Å². The maximum absolute atomic E-state index is 11.8. The first-order chi connectivity index (χ1) is 13.1. The number of aromatic nitrogens is 4. The number of halogens is 2. The standard InChI is InChI=1S/C12H10Cl2N6O8/c1-27-11-7(19(23)24)5(9(13)17(21)15-11)3-4-6-8(20(25)26)12(28-2)16-18(22)10(6)14/h3-4H2,1-2H3. The Labute approximate surface area is 165 Å². The minimum Gasteiger partial charge on any atom is -0.593 e. The van der Waals surface area contributed by atoms with E-state index in [-0.39, 0.29) is 33.7 Å². The Morgan fingerprint density at radius 3 is 1.43 bits per heavy atom. The van der Waals surface area contributed by atoms with Crippen molar-refractivity contribution < 1.29 is 29.0 Å². The SMILES string of the molecule is COc1n[n+]([O-])c(Cl)c(CCc2c([N+](=O)[O-])c(OC)n[n+]([O-])c2Cl)c1[N+](=O)[O-]. The lowest BCUT2D eigenvalue weighted by atomic mass is 10.1. The Morgan fingerprint density at radius 2 is 1.18 bits per heavy atom. The molecule has 0 aliphatic carbocycles. The van der Waals surface area contributed by atoms with Gasteiger partial charge in [0.1, 0.15) is 11.1 Å². The lowest BCUT2D eigenvalue weighted by Crippen LogP contribution is -2.35. The highest BCUT2D eigenvalue weighted by Gasteiger charge is 2.36. The van der Waals surface area contributed by atoms with E-state index in [9.17, 15) is 30.6 Å². The second-order valence-corrected chi connectivity index (χ2v) is 5.73. The molecular weight excluding hydrogens is 427 g/mol. The van der Waals surface area contributed by atoms with Crippen molar-refractivity contribution in [1.29, 1.82) is 0 Å². The van der Waals surface area contributed by atoms with Crippen molar-refractivity contribution in [1.82, 2.24) is 10.2 Å². The molecule has 0 aliphatic rings. The summed E-state index contributed by atoms with van der Waals surface area (Å²) in [5.41, 5.74) is -2.02. The fourth-order valence-electron chi connectivity index (χ4n) is 2.38. The van der Waals surface area contributed by atoms with Crippen LogP contribution >= 0.6 is 23.2 Å². The molecule has 0 bridgehead atoms. The average molecular weight is 437 g/mol. The predicted molar refractivity (Wildman–Crippen MR) is 90.2 cm³/mol. The third kappa shape index (κ3) is 3.72. The summed E-state index contributed by atoms with van der Waals surface area (Å²) in [4.78, 5) is 20.8. The van der Waals surface area contributed by atoms with Crippen LogP contribution < -0.4 is 19.2 Å². The van der Waals surface area contributed by atoms with E-state index in [0.29, 0.717) is 0 Å². The largest absolute Gasteiger partial charge is 0.593 e. The van der Waals surface area contributed by atoms with E-state index in [2.05, 4.69) is 10.2 Å². The summed E-state index contributed by atoms with van der Waals surface area (Å²) in [5.74, 6) is -1.21. The molecule has 0 aliphatic heterocycles. The van der Waals surface area contributed by atoms with Gasteiger partial charge in [-0.2, -0.15) is 0 Å². The van der Waals surface area contributed by atoms with Crippen LogP contribution in [-0.2, 0) is 12.8 Å². The van der Waals surface area contributed by atoms with Gasteiger partial charge >= 0.3 is 33.4 Å². The zero-order valence-corrected chi connectivity index (χ0v) is 15.6. The molecule has 0 aromatic carbocycles. The second-order valence-electron chi connectivity index (χ2n) is 5.01. The van der Waals surface area contributed by atoms with Gasteiger partial charge in [-0.25, -0.2) is 0 Å². The van der Waals surface area contributed by atoms with Crippen LogP contribution in [0.4, 0.5) is 11.4 Å². The third-order valence-corrected chi connectivity index (χ3v) is 4.30. The van der Waals surface area contributed by atoms with Crippen LogP contribution in [0.25, 0.3) is 0 Å². The molecule has 0 radical (unpaired) electrons. The summed E-state index contributed by atoms with van der Waals surface area (Å²) in [5, 5.41) is 51.5. The summed E-state index contributed by atoms with van der Waals surface area (Å²) < 4.78 is 9.45. The van der Waals surface area contributed by atoms with Crippen molar-refractivity contribution in [3.8, 4) is 11.8 Å². The van der Waals surface area contributed by atoms with Crippen LogP contribution in [0.2, 0.25) is 10.3 Å². The van der Waals surface area contributed by atoms with Crippen LogP contribution in [0, 0.1) is 30.6 Å². The highest BCUT2D eigenvalue weighted by molar-refractivity contribution is 6.30. The van der Waals surface area contributed by atoms with Crippen LogP contribution in [0.5, 0.6) is 11.8 Å². The van der Waals surface area contributed by atoms with Crippen molar-refractivity contribution in [3.05, 3.63) is 52.1 Å². The van der Waals surface area contributed by atoms with Gasteiger partial charge in [0.25, 0.3) is 0 Å². The number of nitro groups is 2. The molecule has 0 fully saturated rings. The minimum atomic E-state index is -0.871. The highest BCUT2D eigenvalue weighted by Crippen LogP contribution is 2.35. The van der Waals surface area contributed by atoms with E-state index in [1.165, 1.54) is 0 Å². The van der Waals surface area contributed by atoms with E-state index in [1.807, 2.05) is 0 Å². The van der Waals surface area contributed by atoms with Gasteiger partial charge in [-0.3, -0.25) is 20.2 Å². The quantitative estimate of drug-likeness (QED) is 0.258. The van der Waals surface area contributed by atoms with Gasteiger partial charge in [0.2, 0.25) is 0 Å². The topological polar surface area (TPSA) is 184 Å². The van der Waals surface area contributed by atoms with Crippen molar-refractivity contribution in [3.63, 3.8) is 0 Å². The first kappa shape index (κ1) is 21.0. The fourth-order valence-corrected chi connectivity index (χ4v) is 2.82. The highest BCUT2D eigenvalue weighted by atomic mass is 35.5. The van der Waals surface area contributed by atoms with Crippen molar-refractivity contribution >= 4 is 34.6 Å². The van der Waals surface area contributed by atoms with Crippen LogP contribution in [0.3, 0.4) is 0 Å². The lowest BCUT2D eigenvalue weighted by molar-refractivity contribution is -0.668. The van der Waals surface area contributed by atoms with Crippen LogP contribution in [-0.4, -0.2) is 34.3 Å². The number of hydrogen-bond acceptors (Lipinski definition) is 10. The molecule has 16 heteroatoms. The van der Waals surface area contributed by atoms with Crippen LogP contribution in [0.15, 0.2) is 0 Å². The van der Waals surface area contributed by atoms with Gasteiger partial charge in [0, 0.05) is 0 Å². The van der Waals surface area contributed by atoms with Gasteiger partial charge in [0.05, 0.1) is 34.3 Å². The normalized spacial score (nSPS) is 10.6. The molecule has 0 N–H and O–H groups in total. The Morgan fingerprint density at radius 1 is 0.857 bits per heavy atom. The molecule has 0 atom stereocenters. The number of ether oxygens (including phenoxy) is 2. The molecule has 2 rings (SSSR count). The summed E-state index contributed by atoms with van der Waals surface area (Å²) in [6.45, 7) is 0. The molecule has 0 spiro atoms. The summed E-state index contributed by atoms with van der Waals surface area (Å²) in [6.07, 6.45) is -0.770. The molecule has 14 nitrogen and oxygen atoms in total. The molecule has 28 heavy (non-hydrogen) atoms. The molecule has 0 saturated carbocycles. The first-order valence-corrected chi connectivity index (χ1v) is 7.90. The Balaban J connectivity index is 2.62. The first-order valence-electron chi connectivity index (χ1n) is 7.15. The molecule has 0 unspecified atom stereocenters. The molecule has 150 valence electrons. The van der Waals surface area contributed by atoms with Crippen molar-refractivity contribution in [2.45, 2.75) is 12.8 Å². The molecule has 0 amide bonds. The number of hydrogen-bond donors (Lipinski definition) is 0. The number of methoxy groups -OCH3 is 2. The van der Waals surface area contributed by atoms with Gasteiger partial charge in [-0.05, 0) is 45.7 Å². The summed E-state index contributed by atoms with van der Waals surface area (Å²) in [6, 6.07) is 0. The Bertz CT molecular complexity index is 895. The second kappa shape index (κ2) is 8.18. The third-order valence-electron chi connectivity index (χ3n) is 3.55. The van der Waals surface area contributed by atoms with E-state index in [1.54, 1.807) is 0 Å². The fraction of sp³-hybridized carbons (Fsp3) is 0.333. The number of nitrogens with zero attached hydrogens (tertiary/aromatic N) is 6. The maximum atomic E-state index is 11.8. The molecule has 2 aromatic rings. The summed E-state index contributed by atoms with van der Waals surface area (Å²) in [7, 11) is 2.12. The monoisotopic (exact) mass is 436 g/mol. The van der Waals surface area contributed by atoms with Crippen molar-refractivity contribution in [2.75, 3.05) is 14.2 Å². The van der Waals surface area contributed by atoms with Gasteiger partial charge in [-0.1, -0.05) is 0 Å². The van der Waals surface area contributed by atoms with Gasteiger partial charge in [0.15, 0.2) is 0 Å². The zero-order valence-electron chi connectivity index (χ0n) is 14.1. The van der Waals surface area contributed by atoms with E-state index in [4.69, 9.17) is 32.7 Å². The molecule has 0 saturated heterocycles. The molecule has 2 aromatic heterocycles. The lowest BCUT2D eigenvalue weighted by Gasteiger charge is -2.09. The molecular formula is C12H10Cl2N6O8. The summed E-state index contributed by atoms with van der Waals surface area (Å²) >= 11 is 11.7. The minimum absolute atomic E-state index is 0.0976. The molecule has 2 heterocycles. The van der Waals surface area contributed by atoms with E-state index >= 15 is 0 Å². The van der Waals surface area contributed by atoms with Crippen LogP contribution in [0.1, 0.15) is 11.1 Å². The Kier molecular flexibility index (Phi) is 6.15. The zero-order chi connectivity index (χ0) is 21.2. The Hall–Kier alpha value is -3.26. The number of rotatable bonds is 7. The average Bonchev–Trinajstić information content (AvgIpc) is 2.64. The van der Waals surface area contributed by atoms with Crippen molar-refractivity contribution in [2.24, 2.45) is 0 Å². The smallest absolute Gasteiger partial charge is 0.359 e. The van der Waals surface area contributed by atoms with Gasteiger partial charge in [-0.15, -0.1) is 0 Å².